The molecule has 3 N–H and O–H groups in total. The lowest BCUT2D eigenvalue weighted by Crippen LogP contribution is -2.18. The van der Waals surface area contributed by atoms with E-state index in [1.54, 1.807) is 19.1 Å². The third-order valence-electron chi connectivity index (χ3n) is 2.56. The number of aliphatic carboxylic acids is 1. The van der Waals surface area contributed by atoms with Crippen molar-refractivity contribution in [1.82, 2.24) is 5.48 Å². The van der Waals surface area contributed by atoms with Crippen LogP contribution in [-0.4, -0.2) is 22.8 Å². The highest BCUT2D eigenvalue weighted by atomic mass is 16.6. The molecule has 0 heterocycles. The van der Waals surface area contributed by atoms with Gasteiger partial charge >= 0.3 is 5.97 Å². The molecular weight excluding hydrogens is 246 g/mol. The molecule has 19 heavy (non-hydrogen) atoms. The molecule has 0 amide bonds. The molecule has 0 aliphatic heterocycles. The van der Waals surface area contributed by atoms with Gasteiger partial charge in [-0.2, -0.15) is 0 Å². The summed E-state index contributed by atoms with van der Waals surface area (Å²) in [5.41, 5.74) is 4.18. The van der Waals surface area contributed by atoms with Gasteiger partial charge in [-0.3, -0.25) is 10.3 Å². The zero-order valence-electron chi connectivity index (χ0n) is 11.1. The Kier molecular flexibility index (Phi) is 5.89. The van der Waals surface area contributed by atoms with Crippen LogP contribution < -0.4 is 5.48 Å². The molecule has 1 aromatic carbocycles. The van der Waals surface area contributed by atoms with E-state index in [1.165, 1.54) is 12.1 Å². The second kappa shape index (κ2) is 7.43. The Hall–Kier alpha value is -2.01. The van der Waals surface area contributed by atoms with E-state index in [4.69, 9.17) is 4.84 Å². The largest absolute Gasteiger partial charge is 0.508 e. The molecule has 0 aliphatic rings. The van der Waals surface area contributed by atoms with Crippen LogP contribution in [0.1, 0.15) is 25.8 Å². The molecule has 5 nitrogen and oxygen atoms in total. The Morgan fingerprint density at radius 3 is 2.47 bits per heavy atom. The third kappa shape index (κ3) is 5.01. The fourth-order valence-electron chi connectivity index (χ4n) is 1.51. The van der Waals surface area contributed by atoms with Crippen molar-refractivity contribution in [1.29, 1.82) is 0 Å². The number of carboxylic acids is 1. The Morgan fingerprint density at radius 2 is 1.95 bits per heavy atom. The van der Waals surface area contributed by atoms with Crippen LogP contribution in [0.4, 0.5) is 0 Å². The minimum absolute atomic E-state index is 0.158. The number of hydrogen-bond acceptors (Lipinski definition) is 4. The summed E-state index contributed by atoms with van der Waals surface area (Å²) in [5.74, 6) is -0.830. The van der Waals surface area contributed by atoms with Crippen LogP contribution in [-0.2, 0) is 16.1 Å². The van der Waals surface area contributed by atoms with Gasteiger partial charge in [-0.15, -0.1) is 0 Å². The SMILES string of the molecule is CCCONC(C)=C(Cc1ccc(O)cc1)C(=O)O. The molecule has 0 radical (unpaired) electrons. The number of hydrogen-bond donors (Lipinski definition) is 3. The molecule has 0 aromatic heterocycles. The molecule has 0 unspecified atom stereocenters. The number of phenolic OH excluding ortho intramolecular Hbond substituents is 1. The molecule has 0 spiro atoms. The maximum atomic E-state index is 11.2. The summed E-state index contributed by atoms with van der Waals surface area (Å²) in [6.07, 6.45) is 1.12. The van der Waals surface area contributed by atoms with E-state index in [-0.39, 0.29) is 17.7 Å². The third-order valence-corrected chi connectivity index (χ3v) is 2.56. The van der Waals surface area contributed by atoms with Gasteiger partial charge in [0.2, 0.25) is 0 Å². The summed E-state index contributed by atoms with van der Waals surface area (Å²) in [7, 11) is 0. The van der Waals surface area contributed by atoms with Crippen molar-refractivity contribution in [2.75, 3.05) is 6.61 Å². The minimum atomic E-state index is -0.988. The average Bonchev–Trinajstić information content (AvgIpc) is 2.37. The average molecular weight is 265 g/mol. The number of hydroxylamine groups is 1. The van der Waals surface area contributed by atoms with Gasteiger partial charge in [-0.1, -0.05) is 19.1 Å². The van der Waals surface area contributed by atoms with Crippen LogP contribution in [0.5, 0.6) is 5.75 Å². The maximum absolute atomic E-state index is 11.2. The fraction of sp³-hybridized carbons (Fsp3) is 0.357. The molecule has 0 atom stereocenters. The number of carboxylic acid groups (broad SMARTS) is 1. The van der Waals surface area contributed by atoms with Crippen LogP contribution in [0.15, 0.2) is 35.5 Å². The van der Waals surface area contributed by atoms with Crippen molar-refractivity contribution < 1.29 is 19.8 Å². The van der Waals surface area contributed by atoms with Crippen LogP contribution >= 0.6 is 0 Å². The van der Waals surface area contributed by atoms with Crippen LogP contribution in [0.25, 0.3) is 0 Å². The van der Waals surface area contributed by atoms with Crippen LogP contribution in [0.2, 0.25) is 0 Å². The topological polar surface area (TPSA) is 78.8 Å². The summed E-state index contributed by atoms with van der Waals surface area (Å²) in [5, 5.41) is 18.4. The molecule has 0 saturated heterocycles. The van der Waals surface area contributed by atoms with Crippen molar-refractivity contribution in [3.8, 4) is 5.75 Å². The van der Waals surface area contributed by atoms with Crippen LogP contribution in [0, 0.1) is 0 Å². The second-order valence-electron chi connectivity index (χ2n) is 4.20. The molecule has 104 valence electrons. The zero-order chi connectivity index (χ0) is 14.3. The minimum Gasteiger partial charge on any atom is -0.508 e. The lowest BCUT2D eigenvalue weighted by molar-refractivity contribution is -0.132. The quantitative estimate of drug-likeness (QED) is 0.400. The van der Waals surface area contributed by atoms with E-state index >= 15 is 0 Å². The fourth-order valence-corrected chi connectivity index (χ4v) is 1.51. The van der Waals surface area contributed by atoms with Gasteiger partial charge in [0, 0.05) is 12.1 Å². The van der Waals surface area contributed by atoms with Gasteiger partial charge in [-0.25, -0.2) is 4.79 Å². The summed E-state index contributed by atoms with van der Waals surface area (Å²) in [6, 6.07) is 6.45. The van der Waals surface area contributed by atoms with E-state index < -0.39 is 5.97 Å². The summed E-state index contributed by atoms with van der Waals surface area (Å²) >= 11 is 0. The zero-order valence-corrected chi connectivity index (χ0v) is 11.1. The van der Waals surface area contributed by atoms with Crippen molar-refractivity contribution in [2.45, 2.75) is 26.7 Å². The molecule has 0 bridgehead atoms. The molecule has 0 fully saturated rings. The summed E-state index contributed by atoms with van der Waals surface area (Å²) in [6.45, 7) is 4.15. The highest BCUT2D eigenvalue weighted by Gasteiger charge is 2.12. The van der Waals surface area contributed by atoms with E-state index in [9.17, 15) is 15.0 Å². The molecular formula is C14H19NO4. The lowest BCUT2D eigenvalue weighted by Gasteiger charge is -2.11. The smallest absolute Gasteiger partial charge is 0.333 e. The Morgan fingerprint density at radius 1 is 1.32 bits per heavy atom. The van der Waals surface area contributed by atoms with E-state index in [0.717, 1.165) is 12.0 Å². The number of allylic oxidation sites excluding steroid dienone is 1. The Labute approximate surface area is 112 Å². The predicted molar refractivity (Wildman–Crippen MR) is 71.5 cm³/mol. The van der Waals surface area contributed by atoms with Gasteiger partial charge in [0.1, 0.15) is 5.75 Å². The number of rotatable bonds is 7. The molecule has 1 rings (SSSR count). The van der Waals surface area contributed by atoms with Gasteiger partial charge in [0.15, 0.2) is 0 Å². The number of nitrogens with one attached hydrogen (secondary N) is 1. The molecule has 5 heteroatoms. The van der Waals surface area contributed by atoms with Gasteiger partial charge in [0.25, 0.3) is 0 Å². The first kappa shape index (κ1) is 15.0. The van der Waals surface area contributed by atoms with Gasteiger partial charge in [-0.05, 0) is 31.0 Å². The number of carbonyl (C=O) groups is 1. The lowest BCUT2D eigenvalue weighted by atomic mass is 10.0. The van der Waals surface area contributed by atoms with Crippen LogP contribution in [0.3, 0.4) is 0 Å². The van der Waals surface area contributed by atoms with Crippen molar-refractivity contribution in [2.24, 2.45) is 0 Å². The highest BCUT2D eigenvalue weighted by Crippen LogP contribution is 2.15. The van der Waals surface area contributed by atoms with E-state index in [0.29, 0.717) is 12.3 Å². The summed E-state index contributed by atoms with van der Waals surface area (Å²) in [4.78, 5) is 16.4. The van der Waals surface area contributed by atoms with Crippen molar-refractivity contribution in [3.63, 3.8) is 0 Å². The summed E-state index contributed by atoms with van der Waals surface area (Å²) < 4.78 is 0. The van der Waals surface area contributed by atoms with E-state index in [2.05, 4.69) is 5.48 Å². The van der Waals surface area contributed by atoms with Gasteiger partial charge in [0.05, 0.1) is 12.2 Å². The number of aromatic hydroxyl groups is 1. The second-order valence-corrected chi connectivity index (χ2v) is 4.20. The van der Waals surface area contributed by atoms with Crippen molar-refractivity contribution in [3.05, 3.63) is 41.1 Å². The number of phenols is 1. The Balaban J connectivity index is 2.79. The predicted octanol–water partition coefficient (Wildman–Crippen LogP) is 2.22. The van der Waals surface area contributed by atoms with Crippen molar-refractivity contribution >= 4 is 5.97 Å². The van der Waals surface area contributed by atoms with E-state index in [1.807, 2.05) is 6.92 Å². The highest BCUT2D eigenvalue weighted by molar-refractivity contribution is 5.87. The molecule has 0 aliphatic carbocycles. The molecule has 0 saturated carbocycles. The first-order chi connectivity index (χ1) is 9.04. The monoisotopic (exact) mass is 265 g/mol. The maximum Gasteiger partial charge on any atom is 0.333 e. The number of benzene rings is 1. The Bertz CT molecular complexity index is 451. The first-order valence-electron chi connectivity index (χ1n) is 6.13. The standard InChI is InChI=1S/C14H19NO4/c1-3-8-19-15-10(2)13(14(17)18)9-11-4-6-12(16)7-5-11/h4-7,15-16H,3,8-9H2,1-2H3,(H,17,18). The first-order valence-corrected chi connectivity index (χ1v) is 6.13. The normalized spacial score (nSPS) is 11.9. The van der Waals surface area contributed by atoms with Gasteiger partial charge < -0.3 is 10.2 Å². The molecule has 1 aromatic rings.